The molecule has 2 heterocycles. The SMILES string of the molecule is O=C(O)C1c2ccccc2CCN1CC(=O)N1CCC1. The van der Waals surface area contributed by atoms with E-state index >= 15 is 0 Å². The number of fused-ring (bicyclic) bond motifs is 1. The van der Waals surface area contributed by atoms with Gasteiger partial charge in [0.25, 0.3) is 0 Å². The molecule has 0 radical (unpaired) electrons. The molecule has 0 aliphatic carbocycles. The third-order valence-corrected chi connectivity index (χ3v) is 4.16. The zero-order chi connectivity index (χ0) is 14.1. The molecule has 2 aliphatic rings. The molecule has 1 fully saturated rings. The topological polar surface area (TPSA) is 60.9 Å². The number of rotatable bonds is 3. The van der Waals surface area contributed by atoms with Gasteiger partial charge in [-0.3, -0.25) is 14.5 Å². The fraction of sp³-hybridized carbons (Fsp3) is 0.467. The normalized spacial score (nSPS) is 22.0. The van der Waals surface area contributed by atoms with Crippen LogP contribution in [0.5, 0.6) is 0 Å². The van der Waals surface area contributed by atoms with Crippen LogP contribution in [0.4, 0.5) is 0 Å². The summed E-state index contributed by atoms with van der Waals surface area (Å²) in [4.78, 5) is 27.2. The van der Waals surface area contributed by atoms with Crippen molar-refractivity contribution in [2.75, 3.05) is 26.2 Å². The van der Waals surface area contributed by atoms with Gasteiger partial charge in [0, 0.05) is 19.6 Å². The van der Waals surface area contributed by atoms with E-state index in [9.17, 15) is 14.7 Å². The Morgan fingerprint density at radius 1 is 1.20 bits per heavy atom. The maximum atomic E-state index is 12.1. The largest absolute Gasteiger partial charge is 0.480 e. The van der Waals surface area contributed by atoms with Crippen LogP contribution in [0.3, 0.4) is 0 Å². The molecule has 1 N–H and O–H groups in total. The van der Waals surface area contributed by atoms with E-state index < -0.39 is 12.0 Å². The average molecular weight is 274 g/mol. The summed E-state index contributed by atoms with van der Waals surface area (Å²) in [7, 11) is 0. The van der Waals surface area contributed by atoms with Crippen LogP contribution in [0.2, 0.25) is 0 Å². The van der Waals surface area contributed by atoms with Gasteiger partial charge in [0.2, 0.25) is 5.91 Å². The first-order valence-corrected chi connectivity index (χ1v) is 6.99. The van der Waals surface area contributed by atoms with E-state index in [1.54, 1.807) is 9.80 Å². The summed E-state index contributed by atoms with van der Waals surface area (Å²) >= 11 is 0. The average Bonchev–Trinajstić information content (AvgIpc) is 2.35. The van der Waals surface area contributed by atoms with Gasteiger partial charge < -0.3 is 10.0 Å². The van der Waals surface area contributed by atoms with Crippen LogP contribution in [0.15, 0.2) is 24.3 Å². The lowest BCUT2D eigenvalue weighted by Gasteiger charge is -2.37. The number of hydrogen-bond donors (Lipinski definition) is 1. The Bertz CT molecular complexity index is 540. The van der Waals surface area contributed by atoms with E-state index in [2.05, 4.69) is 0 Å². The predicted molar refractivity (Wildman–Crippen MR) is 73.3 cm³/mol. The number of likely N-dealkylation sites (tertiary alicyclic amines) is 1. The molecule has 1 saturated heterocycles. The number of carboxylic acids is 1. The lowest BCUT2D eigenvalue weighted by molar-refractivity contribution is -0.146. The molecule has 5 heteroatoms. The molecule has 1 unspecified atom stereocenters. The molecular formula is C15H18N2O3. The molecule has 5 nitrogen and oxygen atoms in total. The van der Waals surface area contributed by atoms with Crippen molar-refractivity contribution in [2.45, 2.75) is 18.9 Å². The first-order valence-electron chi connectivity index (χ1n) is 6.99. The van der Waals surface area contributed by atoms with E-state index in [-0.39, 0.29) is 12.5 Å². The van der Waals surface area contributed by atoms with E-state index in [4.69, 9.17) is 0 Å². The Morgan fingerprint density at radius 3 is 2.60 bits per heavy atom. The standard InChI is InChI=1S/C15H18N2O3/c18-13(16-7-3-8-16)10-17-9-6-11-4-1-2-5-12(11)14(17)15(19)20/h1-2,4-5,14H,3,6-10H2,(H,19,20). The van der Waals surface area contributed by atoms with Gasteiger partial charge in [-0.2, -0.15) is 0 Å². The second-order valence-electron chi connectivity index (χ2n) is 5.39. The number of carboxylic acid groups (broad SMARTS) is 1. The van der Waals surface area contributed by atoms with Gasteiger partial charge in [0.05, 0.1) is 6.54 Å². The fourth-order valence-corrected chi connectivity index (χ4v) is 2.92. The van der Waals surface area contributed by atoms with Crippen molar-refractivity contribution in [3.05, 3.63) is 35.4 Å². The van der Waals surface area contributed by atoms with Gasteiger partial charge >= 0.3 is 5.97 Å². The lowest BCUT2D eigenvalue weighted by atomic mass is 9.92. The van der Waals surface area contributed by atoms with Crippen LogP contribution >= 0.6 is 0 Å². The Kier molecular flexibility index (Phi) is 3.44. The Morgan fingerprint density at radius 2 is 1.95 bits per heavy atom. The molecule has 0 aromatic heterocycles. The summed E-state index contributed by atoms with van der Waals surface area (Å²) in [5.41, 5.74) is 1.90. The zero-order valence-electron chi connectivity index (χ0n) is 11.3. The van der Waals surface area contributed by atoms with Crippen molar-refractivity contribution in [1.82, 2.24) is 9.80 Å². The van der Waals surface area contributed by atoms with E-state index in [0.717, 1.165) is 37.1 Å². The predicted octanol–water partition coefficient (Wildman–Crippen LogP) is 0.903. The van der Waals surface area contributed by atoms with Crippen molar-refractivity contribution in [1.29, 1.82) is 0 Å². The summed E-state index contributed by atoms with van der Waals surface area (Å²) in [6, 6.07) is 6.91. The van der Waals surface area contributed by atoms with Crippen molar-refractivity contribution in [2.24, 2.45) is 0 Å². The lowest BCUT2D eigenvalue weighted by Crippen LogP contribution is -2.50. The van der Waals surface area contributed by atoms with Crippen molar-refractivity contribution >= 4 is 11.9 Å². The molecule has 1 aromatic rings. The van der Waals surface area contributed by atoms with Gasteiger partial charge in [-0.25, -0.2) is 0 Å². The van der Waals surface area contributed by atoms with Crippen LogP contribution in [0.1, 0.15) is 23.6 Å². The third kappa shape index (κ3) is 2.29. The van der Waals surface area contributed by atoms with Gasteiger partial charge in [0.15, 0.2) is 0 Å². The van der Waals surface area contributed by atoms with Crippen molar-refractivity contribution < 1.29 is 14.7 Å². The van der Waals surface area contributed by atoms with Crippen LogP contribution in [0, 0.1) is 0 Å². The summed E-state index contributed by atoms with van der Waals surface area (Å²) in [5.74, 6) is -0.838. The molecule has 1 amide bonds. The van der Waals surface area contributed by atoms with E-state index in [0.29, 0.717) is 6.54 Å². The van der Waals surface area contributed by atoms with Gasteiger partial charge in [0.1, 0.15) is 6.04 Å². The Balaban J connectivity index is 1.81. The van der Waals surface area contributed by atoms with Crippen LogP contribution in [-0.4, -0.2) is 53.0 Å². The monoisotopic (exact) mass is 274 g/mol. The summed E-state index contributed by atoms with van der Waals surface area (Å²) in [5, 5.41) is 9.51. The molecule has 2 aliphatic heterocycles. The molecular weight excluding hydrogens is 256 g/mol. The minimum absolute atomic E-state index is 0.0434. The number of carbonyl (C=O) groups excluding carboxylic acids is 1. The van der Waals surface area contributed by atoms with Crippen molar-refractivity contribution in [3.63, 3.8) is 0 Å². The molecule has 1 atom stereocenters. The summed E-state index contributed by atoms with van der Waals surface area (Å²) < 4.78 is 0. The van der Waals surface area contributed by atoms with Gasteiger partial charge in [-0.1, -0.05) is 24.3 Å². The third-order valence-electron chi connectivity index (χ3n) is 4.16. The van der Waals surface area contributed by atoms with Crippen molar-refractivity contribution in [3.8, 4) is 0 Å². The number of carbonyl (C=O) groups is 2. The van der Waals surface area contributed by atoms with Crippen LogP contribution < -0.4 is 0 Å². The second kappa shape index (κ2) is 5.25. The molecule has 106 valence electrons. The fourth-order valence-electron chi connectivity index (χ4n) is 2.92. The van der Waals surface area contributed by atoms with Crippen LogP contribution in [-0.2, 0) is 16.0 Å². The quantitative estimate of drug-likeness (QED) is 0.889. The first kappa shape index (κ1) is 13.1. The Hall–Kier alpha value is -1.88. The zero-order valence-corrected chi connectivity index (χ0v) is 11.3. The highest BCUT2D eigenvalue weighted by molar-refractivity contribution is 5.81. The number of hydrogen-bond acceptors (Lipinski definition) is 3. The molecule has 1 aromatic carbocycles. The molecule has 0 spiro atoms. The van der Waals surface area contributed by atoms with Crippen LogP contribution in [0.25, 0.3) is 0 Å². The second-order valence-corrected chi connectivity index (χ2v) is 5.39. The highest BCUT2D eigenvalue weighted by Crippen LogP contribution is 2.29. The first-order chi connectivity index (χ1) is 9.66. The van der Waals surface area contributed by atoms with Gasteiger partial charge in [-0.15, -0.1) is 0 Å². The number of nitrogens with zero attached hydrogens (tertiary/aromatic N) is 2. The van der Waals surface area contributed by atoms with E-state index in [1.165, 1.54) is 0 Å². The molecule has 20 heavy (non-hydrogen) atoms. The molecule has 3 rings (SSSR count). The Labute approximate surface area is 117 Å². The highest BCUT2D eigenvalue weighted by Gasteiger charge is 2.35. The molecule has 0 bridgehead atoms. The minimum atomic E-state index is -0.881. The summed E-state index contributed by atoms with van der Waals surface area (Å²) in [6.45, 7) is 2.43. The summed E-state index contributed by atoms with van der Waals surface area (Å²) in [6.07, 6.45) is 1.85. The smallest absolute Gasteiger partial charge is 0.325 e. The number of benzene rings is 1. The maximum Gasteiger partial charge on any atom is 0.325 e. The minimum Gasteiger partial charge on any atom is -0.480 e. The van der Waals surface area contributed by atoms with Gasteiger partial charge in [-0.05, 0) is 24.0 Å². The number of amides is 1. The molecule has 0 saturated carbocycles. The highest BCUT2D eigenvalue weighted by atomic mass is 16.4. The maximum absolute atomic E-state index is 12.1. The van der Waals surface area contributed by atoms with E-state index in [1.807, 2.05) is 24.3 Å². The number of aliphatic carboxylic acids is 1.